The Bertz CT molecular complexity index is 512. The number of ether oxygens (including phenoxy) is 1. The zero-order chi connectivity index (χ0) is 14.9. The molecule has 0 bridgehead atoms. The van der Waals surface area contributed by atoms with Gasteiger partial charge in [-0.25, -0.2) is 0 Å². The predicted octanol–water partition coefficient (Wildman–Crippen LogP) is 1.59. The number of amides is 1. The first-order valence-electron chi connectivity index (χ1n) is 6.80. The van der Waals surface area contributed by atoms with Crippen LogP contribution in [0.2, 0.25) is 0 Å². The van der Waals surface area contributed by atoms with E-state index in [1.165, 1.54) is 0 Å². The summed E-state index contributed by atoms with van der Waals surface area (Å²) in [6, 6.07) is 5.50. The number of carbonyl (C=O) groups is 1. The normalized spacial score (nSPS) is 17.9. The number of hydrogen-bond acceptors (Lipinski definition) is 4. The van der Waals surface area contributed by atoms with Crippen LogP contribution in [0, 0.1) is 0 Å². The zero-order valence-corrected chi connectivity index (χ0v) is 12.6. The van der Waals surface area contributed by atoms with Gasteiger partial charge in [0.05, 0.1) is 23.6 Å². The van der Waals surface area contributed by atoms with Crippen molar-refractivity contribution in [2.24, 2.45) is 0 Å². The molecule has 0 aliphatic carbocycles. The van der Waals surface area contributed by atoms with E-state index < -0.39 is 0 Å². The van der Waals surface area contributed by atoms with Gasteiger partial charge in [-0.3, -0.25) is 4.79 Å². The second-order valence-corrected chi connectivity index (χ2v) is 6.00. The molecule has 5 heteroatoms. The number of anilines is 2. The summed E-state index contributed by atoms with van der Waals surface area (Å²) < 4.78 is 5.71. The van der Waals surface area contributed by atoms with Crippen LogP contribution in [0.25, 0.3) is 0 Å². The van der Waals surface area contributed by atoms with Gasteiger partial charge in [-0.2, -0.15) is 0 Å². The molecule has 1 amide bonds. The van der Waals surface area contributed by atoms with E-state index in [2.05, 4.69) is 18.7 Å². The summed E-state index contributed by atoms with van der Waals surface area (Å²) in [5.74, 6) is -0.0365. The molecule has 1 saturated heterocycles. The minimum atomic E-state index is -0.178. The first kappa shape index (κ1) is 14.7. The van der Waals surface area contributed by atoms with Gasteiger partial charge in [0.15, 0.2) is 0 Å². The second kappa shape index (κ2) is 5.32. The zero-order valence-electron chi connectivity index (χ0n) is 12.6. The first-order valence-corrected chi connectivity index (χ1v) is 6.80. The van der Waals surface area contributed by atoms with Gasteiger partial charge in [0.25, 0.3) is 5.91 Å². The third kappa shape index (κ3) is 3.04. The smallest absolute Gasteiger partial charge is 0.253 e. The monoisotopic (exact) mass is 277 g/mol. The second-order valence-electron chi connectivity index (χ2n) is 6.00. The number of benzene rings is 1. The molecule has 1 fully saturated rings. The van der Waals surface area contributed by atoms with Crippen LogP contribution in [0.15, 0.2) is 18.2 Å². The summed E-state index contributed by atoms with van der Waals surface area (Å²) >= 11 is 0. The maximum absolute atomic E-state index is 11.9. The molecule has 0 atom stereocenters. The Balaban J connectivity index is 2.24. The number of nitrogen functional groups attached to an aromatic ring is 1. The molecule has 5 nitrogen and oxygen atoms in total. The van der Waals surface area contributed by atoms with E-state index in [1.807, 2.05) is 12.1 Å². The fraction of sp³-hybridized carbons (Fsp3) is 0.533. The van der Waals surface area contributed by atoms with Crippen LogP contribution in [-0.4, -0.2) is 50.2 Å². The van der Waals surface area contributed by atoms with Crippen LogP contribution in [0.4, 0.5) is 11.4 Å². The van der Waals surface area contributed by atoms with Gasteiger partial charge in [0.2, 0.25) is 0 Å². The number of nitrogens with two attached hydrogens (primary N) is 1. The summed E-state index contributed by atoms with van der Waals surface area (Å²) in [6.07, 6.45) is 0. The van der Waals surface area contributed by atoms with Crippen LogP contribution in [-0.2, 0) is 4.74 Å². The van der Waals surface area contributed by atoms with Gasteiger partial charge >= 0.3 is 0 Å². The van der Waals surface area contributed by atoms with E-state index in [4.69, 9.17) is 10.5 Å². The third-order valence-electron chi connectivity index (χ3n) is 3.45. The fourth-order valence-corrected chi connectivity index (χ4v) is 2.46. The highest BCUT2D eigenvalue weighted by atomic mass is 16.5. The predicted molar refractivity (Wildman–Crippen MR) is 81.1 cm³/mol. The molecule has 0 spiro atoms. The van der Waals surface area contributed by atoms with Crippen LogP contribution in [0.1, 0.15) is 24.2 Å². The Labute approximate surface area is 120 Å². The van der Waals surface area contributed by atoms with E-state index in [9.17, 15) is 4.79 Å². The van der Waals surface area contributed by atoms with Crippen molar-refractivity contribution in [2.75, 3.05) is 44.4 Å². The van der Waals surface area contributed by atoms with Crippen LogP contribution < -0.4 is 10.6 Å². The van der Waals surface area contributed by atoms with Gasteiger partial charge < -0.3 is 20.3 Å². The summed E-state index contributed by atoms with van der Waals surface area (Å²) in [7, 11) is 3.47. The molecule has 2 N–H and O–H groups in total. The molecule has 0 aromatic heterocycles. The highest BCUT2D eigenvalue weighted by Crippen LogP contribution is 2.29. The Morgan fingerprint density at radius 3 is 2.65 bits per heavy atom. The lowest BCUT2D eigenvalue weighted by molar-refractivity contribution is -0.0276. The molecule has 1 aliphatic heterocycles. The van der Waals surface area contributed by atoms with Crippen LogP contribution >= 0.6 is 0 Å². The standard InChI is InChI=1S/C15H23N3O2/c1-15(2)10-18(7-8-20-15)13-6-5-11(9-12(13)16)14(19)17(3)4/h5-6,9H,7-8,10,16H2,1-4H3. The summed E-state index contributed by atoms with van der Waals surface area (Å²) in [6.45, 7) is 6.43. The number of nitrogens with zero attached hydrogens (tertiary/aromatic N) is 2. The van der Waals surface area contributed by atoms with E-state index >= 15 is 0 Å². The van der Waals surface area contributed by atoms with E-state index in [0.717, 1.165) is 18.8 Å². The number of rotatable bonds is 2. The van der Waals surface area contributed by atoms with E-state index in [1.54, 1.807) is 25.1 Å². The molecule has 0 unspecified atom stereocenters. The Morgan fingerprint density at radius 2 is 2.10 bits per heavy atom. The maximum Gasteiger partial charge on any atom is 0.253 e. The highest BCUT2D eigenvalue weighted by Gasteiger charge is 2.28. The van der Waals surface area contributed by atoms with Gasteiger partial charge in [-0.05, 0) is 32.0 Å². The Hall–Kier alpha value is -1.75. The first-order chi connectivity index (χ1) is 9.30. The van der Waals surface area contributed by atoms with Gasteiger partial charge in [-0.1, -0.05) is 0 Å². The molecule has 0 saturated carbocycles. The number of carbonyl (C=O) groups excluding carboxylic acids is 1. The quantitative estimate of drug-likeness (QED) is 0.834. The molecule has 2 rings (SSSR count). The van der Waals surface area contributed by atoms with Gasteiger partial charge in [0, 0.05) is 32.7 Å². The minimum absolute atomic E-state index is 0.0365. The molecule has 20 heavy (non-hydrogen) atoms. The summed E-state index contributed by atoms with van der Waals surface area (Å²) in [5.41, 5.74) is 8.17. The molecular weight excluding hydrogens is 254 g/mol. The lowest BCUT2D eigenvalue weighted by atomic mass is 10.1. The van der Waals surface area contributed by atoms with Gasteiger partial charge in [-0.15, -0.1) is 0 Å². The lowest BCUT2D eigenvalue weighted by Gasteiger charge is -2.40. The maximum atomic E-state index is 11.9. The molecule has 110 valence electrons. The van der Waals surface area contributed by atoms with E-state index in [0.29, 0.717) is 17.9 Å². The molecule has 1 aromatic rings. The van der Waals surface area contributed by atoms with Crippen molar-refractivity contribution in [3.63, 3.8) is 0 Å². The molecule has 1 heterocycles. The van der Waals surface area contributed by atoms with Crippen LogP contribution in [0.5, 0.6) is 0 Å². The van der Waals surface area contributed by atoms with Crippen molar-refractivity contribution in [2.45, 2.75) is 19.4 Å². The molecule has 0 radical (unpaired) electrons. The van der Waals surface area contributed by atoms with Crippen molar-refractivity contribution in [3.05, 3.63) is 23.8 Å². The van der Waals surface area contributed by atoms with Crippen molar-refractivity contribution < 1.29 is 9.53 Å². The number of morpholine rings is 1. The molecular formula is C15H23N3O2. The summed E-state index contributed by atoms with van der Waals surface area (Å²) in [4.78, 5) is 15.7. The van der Waals surface area contributed by atoms with Crippen molar-refractivity contribution >= 4 is 17.3 Å². The van der Waals surface area contributed by atoms with Crippen LogP contribution in [0.3, 0.4) is 0 Å². The molecule has 1 aliphatic rings. The average Bonchev–Trinajstić information content (AvgIpc) is 2.36. The van der Waals surface area contributed by atoms with Gasteiger partial charge in [0.1, 0.15) is 0 Å². The molecule has 1 aromatic carbocycles. The van der Waals surface area contributed by atoms with Crippen molar-refractivity contribution in [3.8, 4) is 0 Å². The largest absolute Gasteiger partial charge is 0.397 e. The fourth-order valence-electron chi connectivity index (χ4n) is 2.46. The third-order valence-corrected chi connectivity index (χ3v) is 3.45. The Kier molecular flexibility index (Phi) is 3.90. The highest BCUT2D eigenvalue weighted by molar-refractivity contribution is 5.95. The van der Waals surface area contributed by atoms with E-state index in [-0.39, 0.29) is 11.5 Å². The Morgan fingerprint density at radius 1 is 1.40 bits per heavy atom. The SMILES string of the molecule is CN(C)C(=O)c1ccc(N2CCOC(C)(C)C2)c(N)c1. The number of hydrogen-bond donors (Lipinski definition) is 1. The topological polar surface area (TPSA) is 58.8 Å². The minimum Gasteiger partial charge on any atom is -0.397 e. The average molecular weight is 277 g/mol. The van der Waals surface area contributed by atoms with Crippen molar-refractivity contribution in [1.29, 1.82) is 0 Å². The van der Waals surface area contributed by atoms with Crippen molar-refractivity contribution in [1.82, 2.24) is 4.90 Å². The summed E-state index contributed by atoms with van der Waals surface area (Å²) in [5, 5.41) is 0. The lowest BCUT2D eigenvalue weighted by Crippen LogP contribution is -2.48.